The first-order valence-electron chi connectivity index (χ1n) is 18.8. The topological polar surface area (TPSA) is 111 Å². The quantitative estimate of drug-likeness (QED) is 0.229. The van der Waals surface area contributed by atoms with Gasteiger partial charge in [-0.15, -0.1) is 0 Å². The molecule has 5 aromatic rings. The van der Waals surface area contributed by atoms with Crippen LogP contribution >= 0.6 is 0 Å². The second-order valence-corrected chi connectivity index (χ2v) is 15.0. The summed E-state index contributed by atoms with van der Waals surface area (Å²) in [6.07, 6.45) is 7.67. The molecule has 9 rings (SSSR count). The summed E-state index contributed by atoms with van der Waals surface area (Å²) in [7, 11) is 2.12. The van der Waals surface area contributed by atoms with Gasteiger partial charge in [0.25, 0.3) is 11.8 Å². The number of carbonyl (C=O) groups is 4. The van der Waals surface area contributed by atoms with Crippen molar-refractivity contribution in [3.05, 3.63) is 90.3 Å². The summed E-state index contributed by atoms with van der Waals surface area (Å²) in [5.74, 6) is -1.18. The molecule has 4 aliphatic rings. The van der Waals surface area contributed by atoms with Gasteiger partial charge < -0.3 is 14.4 Å². The Hall–Kier alpha value is -5.55. The number of piperidine rings is 2. The maximum Gasteiger partial charge on any atom is 0.262 e. The van der Waals surface area contributed by atoms with Crippen LogP contribution in [0.2, 0.25) is 0 Å². The Morgan fingerprint density at radius 3 is 2.19 bits per heavy atom. The molecule has 0 radical (unpaired) electrons. The van der Waals surface area contributed by atoms with Crippen molar-refractivity contribution in [3.8, 4) is 11.1 Å². The minimum absolute atomic E-state index is 0.109. The van der Waals surface area contributed by atoms with E-state index in [-0.39, 0.29) is 18.7 Å². The number of aryl methyl sites for hydroxylation is 1. The summed E-state index contributed by atoms with van der Waals surface area (Å²) in [5, 5.41) is 4.68. The molecular formula is C42H43N7O4. The maximum absolute atomic E-state index is 13.3. The SMILES string of the molecule is Cn1c2ccncc2c2ccc(-c3ccc(N4CCC(CCN5CCN(c6ccc7c(c6)C(=O)N(C6CCC(=O)NC6=O)C7=O)CC5)CC4)cc3)cc21. The van der Waals surface area contributed by atoms with Gasteiger partial charge in [0.05, 0.1) is 16.6 Å². The summed E-state index contributed by atoms with van der Waals surface area (Å²) in [6, 6.07) is 22.3. The van der Waals surface area contributed by atoms with E-state index >= 15 is 0 Å². The van der Waals surface area contributed by atoms with E-state index in [1.54, 1.807) is 12.1 Å². The molecule has 3 aromatic carbocycles. The number of hydrogen-bond acceptors (Lipinski definition) is 8. The van der Waals surface area contributed by atoms with E-state index in [4.69, 9.17) is 0 Å². The molecule has 0 spiro atoms. The van der Waals surface area contributed by atoms with Gasteiger partial charge in [-0.2, -0.15) is 0 Å². The number of nitrogens with one attached hydrogen (secondary N) is 1. The van der Waals surface area contributed by atoms with Crippen molar-refractivity contribution in [2.75, 3.05) is 55.6 Å². The minimum atomic E-state index is -0.951. The molecule has 0 aliphatic carbocycles. The lowest BCUT2D eigenvalue weighted by molar-refractivity contribution is -0.136. The maximum atomic E-state index is 13.3. The molecule has 4 amide bonds. The fourth-order valence-corrected chi connectivity index (χ4v) is 8.83. The van der Waals surface area contributed by atoms with Crippen LogP contribution in [-0.4, -0.2) is 94.8 Å². The molecule has 0 saturated carbocycles. The molecule has 11 heteroatoms. The lowest BCUT2D eigenvalue weighted by Crippen LogP contribution is -2.54. The predicted molar refractivity (Wildman–Crippen MR) is 205 cm³/mol. The van der Waals surface area contributed by atoms with E-state index in [1.165, 1.54) is 57.9 Å². The molecule has 3 saturated heterocycles. The second-order valence-electron chi connectivity index (χ2n) is 15.0. The van der Waals surface area contributed by atoms with Crippen LogP contribution in [0.25, 0.3) is 32.9 Å². The lowest BCUT2D eigenvalue weighted by Gasteiger charge is -2.38. The van der Waals surface area contributed by atoms with Crippen molar-refractivity contribution in [2.24, 2.45) is 13.0 Å². The fourth-order valence-electron chi connectivity index (χ4n) is 8.83. The molecular weight excluding hydrogens is 667 g/mol. The second kappa shape index (κ2) is 13.5. The lowest BCUT2D eigenvalue weighted by atomic mass is 9.92. The number of benzene rings is 3. The number of carbonyl (C=O) groups excluding carboxylic acids is 4. The van der Waals surface area contributed by atoms with E-state index in [9.17, 15) is 19.2 Å². The molecule has 270 valence electrons. The summed E-state index contributed by atoms with van der Waals surface area (Å²) in [6.45, 7) is 6.83. The molecule has 3 fully saturated rings. The van der Waals surface area contributed by atoms with Gasteiger partial charge >= 0.3 is 0 Å². The van der Waals surface area contributed by atoms with Gasteiger partial charge in [0.1, 0.15) is 6.04 Å². The van der Waals surface area contributed by atoms with Crippen LogP contribution in [0.3, 0.4) is 0 Å². The third kappa shape index (κ3) is 6.02. The number of hydrogen-bond donors (Lipinski definition) is 1. The van der Waals surface area contributed by atoms with Crippen LogP contribution in [0, 0.1) is 5.92 Å². The highest BCUT2D eigenvalue weighted by molar-refractivity contribution is 6.23. The third-order valence-corrected chi connectivity index (χ3v) is 12.0. The van der Waals surface area contributed by atoms with Crippen LogP contribution in [0.5, 0.6) is 0 Å². The Balaban J connectivity index is 0.750. The molecule has 1 atom stereocenters. The average molecular weight is 710 g/mol. The molecule has 4 aliphatic heterocycles. The Morgan fingerprint density at radius 1 is 0.698 bits per heavy atom. The number of amides is 4. The predicted octanol–water partition coefficient (Wildman–Crippen LogP) is 5.22. The average Bonchev–Trinajstić information content (AvgIpc) is 3.62. The monoisotopic (exact) mass is 709 g/mol. The van der Waals surface area contributed by atoms with Crippen molar-refractivity contribution in [2.45, 2.75) is 38.1 Å². The Morgan fingerprint density at radius 2 is 1.42 bits per heavy atom. The summed E-state index contributed by atoms with van der Waals surface area (Å²) >= 11 is 0. The zero-order chi connectivity index (χ0) is 36.2. The molecule has 53 heavy (non-hydrogen) atoms. The smallest absolute Gasteiger partial charge is 0.262 e. The number of nitrogens with zero attached hydrogens (tertiary/aromatic N) is 6. The number of aromatic nitrogens is 2. The third-order valence-electron chi connectivity index (χ3n) is 12.0. The number of imide groups is 2. The zero-order valence-corrected chi connectivity index (χ0v) is 30.0. The van der Waals surface area contributed by atoms with E-state index in [0.29, 0.717) is 11.1 Å². The van der Waals surface area contributed by atoms with Crippen molar-refractivity contribution >= 4 is 56.8 Å². The molecule has 0 bridgehead atoms. The first-order chi connectivity index (χ1) is 25.8. The summed E-state index contributed by atoms with van der Waals surface area (Å²) < 4.78 is 2.25. The van der Waals surface area contributed by atoms with Gasteiger partial charge in [-0.1, -0.05) is 24.3 Å². The highest BCUT2D eigenvalue weighted by Crippen LogP contribution is 2.34. The van der Waals surface area contributed by atoms with Crippen LogP contribution in [0.4, 0.5) is 11.4 Å². The van der Waals surface area contributed by atoms with Crippen LogP contribution < -0.4 is 15.1 Å². The fraction of sp³-hybridized carbons (Fsp3) is 0.357. The van der Waals surface area contributed by atoms with Gasteiger partial charge in [0.15, 0.2) is 0 Å². The number of anilines is 2. The number of piperazine rings is 1. The molecule has 2 aromatic heterocycles. The van der Waals surface area contributed by atoms with Crippen LogP contribution in [0.1, 0.15) is 52.8 Å². The number of rotatable bonds is 7. The molecule has 1 N–H and O–H groups in total. The minimum Gasteiger partial charge on any atom is -0.372 e. The van der Waals surface area contributed by atoms with Gasteiger partial charge in [0.2, 0.25) is 11.8 Å². The van der Waals surface area contributed by atoms with Gasteiger partial charge in [-0.25, -0.2) is 0 Å². The van der Waals surface area contributed by atoms with E-state index in [2.05, 4.69) is 85.1 Å². The zero-order valence-electron chi connectivity index (χ0n) is 30.0. The van der Waals surface area contributed by atoms with Gasteiger partial charge in [-0.3, -0.25) is 39.3 Å². The highest BCUT2D eigenvalue weighted by Gasteiger charge is 2.44. The molecule has 1 unspecified atom stereocenters. The Kier molecular flexibility index (Phi) is 8.45. The first kappa shape index (κ1) is 33.3. The molecule has 11 nitrogen and oxygen atoms in total. The molecule has 6 heterocycles. The number of pyridine rings is 1. The summed E-state index contributed by atoms with van der Waals surface area (Å²) in [5.41, 5.74) is 7.72. The van der Waals surface area contributed by atoms with Gasteiger partial charge in [-0.05, 0) is 91.7 Å². The van der Waals surface area contributed by atoms with E-state index < -0.39 is 23.8 Å². The van der Waals surface area contributed by atoms with Crippen molar-refractivity contribution in [1.29, 1.82) is 0 Å². The van der Waals surface area contributed by atoms with Crippen LogP contribution in [0.15, 0.2) is 79.1 Å². The van der Waals surface area contributed by atoms with Crippen molar-refractivity contribution < 1.29 is 19.2 Å². The standard InChI is InChI=1S/C42H43N7O4/c1-45-36-12-16-43-26-35(36)32-8-4-29(24-38(32)45)28-2-5-30(6-3-28)47-18-14-27(15-19-47)13-17-46-20-22-48(23-21-46)31-7-9-33-34(25-31)42(53)49(41(33)52)37-10-11-39(50)44-40(37)51/h2-9,12,16,24-27,37H,10-11,13-15,17-23H2,1H3,(H,44,50,51). The normalized spacial score (nSPS) is 20.2. The first-order valence-corrected chi connectivity index (χ1v) is 18.8. The Labute approximate surface area is 308 Å². The summed E-state index contributed by atoms with van der Waals surface area (Å²) in [4.78, 5) is 63.1. The Bertz CT molecular complexity index is 2260. The number of fused-ring (bicyclic) bond motifs is 4. The van der Waals surface area contributed by atoms with E-state index in [1.807, 2.05) is 18.5 Å². The van der Waals surface area contributed by atoms with Gasteiger partial charge in [0, 0.05) is 92.8 Å². The largest absolute Gasteiger partial charge is 0.372 e. The van der Waals surface area contributed by atoms with Crippen LogP contribution in [-0.2, 0) is 16.6 Å². The van der Waals surface area contributed by atoms with Crippen molar-refractivity contribution in [3.63, 3.8) is 0 Å². The van der Waals surface area contributed by atoms with E-state index in [0.717, 1.165) is 62.3 Å². The van der Waals surface area contributed by atoms with Crippen molar-refractivity contribution in [1.82, 2.24) is 24.7 Å². The highest BCUT2D eigenvalue weighted by atomic mass is 16.2.